The fraction of sp³-hybridized carbons (Fsp3) is 0.250. The average molecular weight is 149 g/mol. The SMILES string of the molecule is C/N=C\C(C)=C/c1cn[nH]c1. The number of aromatic nitrogens is 2. The van der Waals surface area contributed by atoms with Crippen LogP contribution in [0.2, 0.25) is 0 Å². The van der Waals surface area contributed by atoms with Crippen LogP contribution >= 0.6 is 0 Å². The van der Waals surface area contributed by atoms with Crippen LogP contribution in [0.5, 0.6) is 0 Å². The van der Waals surface area contributed by atoms with E-state index in [4.69, 9.17) is 0 Å². The topological polar surface area (TPSA) is 41.0 Å². The number of aromatic amines is 1. The van der Waals surface area contributed by atoms with Crippen LogP contribution in [0.1, 0.15) is 12.5 Å². The van der Waals surface area contributed by atoms with Crippen molar-refractivity contribution in [1.82, 2.24) is 10.2 Å². The molecule has 0 unspecified atom stereocenters. The molecular weight excluding hydrogens is 138 g/mol. The van der Waals surface area contributed by atoms with Crippen LogP contribution in [0, 0.1) is 0 Å². The van der Waals surface area contributed by atoms with Gasteiger partial charge in [-0.2, -0.15) is 5.10 Å². The molecule has 0 aliphatic rings. The van der Waals surface area contributed by atoms with Crippen LogP contribution in [0.3, 0.4) is 0 Å². The van der Waals surface area contributed by atoms with E-state index in [9.17, 15) is 0 Å². The summed E-state index contributed by atoms with van der Waals surface area (Å²) in [7, 11) is 1.76. The predicted molar refractivity (Wildman–Crippen MR) is 46.7 cm³/mol. The predicted octanol–water partition coefficient (Wildman–Crippen LogP) is 1.51. The first-order valence-corrected chi connectivity index (χ1v) is 3.42. The van der Waals surface area contributed by atoms with E-state index in [1.807, 2.05) is 25.4 Å². The molecule has 0 fully saturated rings. The number of hydrogen-bond donors (Lipinski definition) is 1. The summed E-state index contributed by atoms with van der Waals surface area (Å²) in [6.45, 7) is 2.00. The van der Waals surface area contributed by atoms with Crippen molar-refractivity contribution >= 4 is 12.3 Å². The highest BCUT2D eigenvalue weighted by Crippen LogP contribution is 2.01. The quantitative estimate of drug-likeness (QED) is 0.636. The number of allylic oxidation sites excluding steroid dienone is 1. The maximum atomic E-state index is 3.89. The van der Waals surface area contributed by atoms with Crippen molar-refractivity contribution in [2.24, 2.45) is 4.99 Å². The summed E-state index contributed by atoms with van der Waals surface area (Å²) in [6, 6.07) is 0. The Hall–Kier alpha value is -1.38. The van der Waals surface area contributed by atoms with Crippen LogP contribution in [0.4, 0.5) is 0 Å². The van der Waals surface area contributed by atoms with Gasteiger partial charge < -0.3 is 0 Å². The van der Waals surface area contributed by atoms with Gasteiger partial charge in [0, 0.05) is 25.0 Å². The maximum Gasteiger partial charge on any atom is 0.0559 e. The Labute approximate surface area is 65.9 Å². The number of nitrogens with zero attached hydrogens (tertiary/aromatic N) is 2. The number of H-pyrrole nitrogens is 1. The highest BCUT2D eigenvalue weighted by Gasteiger charge is 1.87. The Morgan fingerprint density at radius 2 is 2.55 bits per heavy atom. The summed E-state index contributed by atoms with van der Waals surface area (Å²) in [4.78, 5) is 3.89. The molecule has 0 saturated carbocycles. The van der Waals surface area contributed by atoms with E-state index in [-0.39, 0.29) is 0 Å². The van der Waals surface area contributed by atoms with Gasteiger partial charge in [-0.3, -0.25) is 10.1 Å². The molecule has 0 saturated heterocycles. The molecule has 1 aromatic heterocycles. The Kier molecular flexibility index (Phi) is 2.60. The lowest BCUT2D eigenvalue weighted by atomic mass is 10.2. The average Bonchev–Trinajstić information content (AvgIpc) is 2.40. The second kappa shape index (κ2) is 3.71. The zero-order chi connectivity index (χ0) is 8.10. The first-order valence-electron chi connectivity index (χ1n) is 3.42. The fourth-order valence-electron chi connectivity index (χ4n) is 0.844. The van der Waals surface area contributed by atoms with Gasteiger partial charge in [-0.15, -0.1) is 0 Å². The molecule has 0 bridgehead atoms. The molecule has 0 aromatic carbocycles. The highest BCUT2D eigenvalue weighted by atomic mass is 15.1. The van der Waals surface area contributed by atoms with Gasteiger partial charge in [-0.05, 0) is 18.6 Å². The minimum Gasteiger partial charge on any atom is -0.296 e. The monoisotopic (exact) mass is 149 g/mol. The summed E-state index contributed by atoms with van der Waals surface area (Å²) < 4.78 is 0. The smallest absolute Gasteiger partial charge is 0.0559 e. The first-order chi connectivity index (χ1) is 5.33. The van der Waals surface area contributed by atoms with Crippen LogP contribution in [0.15, 0.2) is 23.0 Å². The molecule has 3 heteroatoms. The molecule has 0 spiro atoms. The van der Waals surface area contributed by atoms with Crippen LogP contribution in [0.25, 0.3) is 6.08 Å². The minimum atomic E-state index is 1.07. The lowest BCUT2D eigenvalue weighted by Crippen LogP contribution is -1.75. The number of hydrogen-bond acceptors (Lipinski definition) is 2. The Balaban J connectivity index is 2.73. The molecule has 1 aromatic rings. The molecule has 11 heavy (non-hydrogen) atoms. The van der Waals surface area contributed by atoms with Gasteiger partial charge in [0.1, 0.15) is 0 Å². The molecule has 0 aliphatic heterocycles. The largest absolute Gasteiger partial charge is 0.296 e. The minimum absolute atomic E-state index is 1.07. The van der Waals surface area contributed by atoms with E-state index in [1.165, 1.54) is 0 Å². The van der Waals surface area contributed by atoms with Crippen molar-refractivity contribution in [1.29, 1.82) is 0 Å². The van der Waals surface area contributed by atoms with Crippen molar-refractivity contribution in [3.8, 4) is 0 Å². The summed E-state index contributed by atoms with van der Waals surface area (Å²) in [5.74, 6) is 0. The van der Waals surface area contributed by atoms with Gasteiger partial charge in [0.2, 0.25) is 0 Å². The van der Waals surface area contributed by atoms with Crippen molar-refractivity contribution < 1.29 is 0 Å². The number of aliphatic imine (C=N–C) groups is 1. The van der Waals surface area contributed by atoms with E-state index in [0.29, 0.717) is 0 Å². The lowest BCUT2D eigenvalue weighted by molar-refractivity contribution is 1.09. The molecule has 3 nitrogen and oxygen atoms in total. The van der Waals surface area contributed by atoms with E-state index in [0.717, 1.165) is 11.1 Å². The van der Waals surface area contributed by atoms with Crippen molar-refractivity contribution in [3.05, 3.63) is 23.5 Å². The zero-order valence-corrected chi connectivity index (χ0v) is 6.70. The number of rotatable bonds is 2. The Morgan fingerprint density at radius 1 is 1.73 bits per heavy atom. The Bertz CT molecular complexity index is 257. The van der Waals surface area contributed by atoms with E-state index < -0.39 is 0 Å². The summed E-state index contributed by atoms with van der Waals surface area (Å²) in [5, 5.41) is 6.56. The van der Waals surface area contributed by atoms with Crippen molar-refractivity contribution in [2.75, 3.05) is 7.05 Å². The molecule has 1 heterocycles. The van der Waals surface area contributed by atoms with Crippen LogP contribution < -0.4 is 0 Å². The Morgan fingerprint density at radius 3 is 3.09 bits per heavy atom. The summed E-state index contributed by atoms with van der Waals surface area (Å²) in [6.07, 6.45) is 7.43. The molecule has 0 atom stereocenters. The molecule has 1 rings (SSSR count). The van der Waals surface area contributed by atoms with Gasteiger partial charge in [0.15, 0.2) is 0 Å². The van der Waals surface area contributed by atoms with E-state index >= 15 is 0 Å². The van der Waals surface area contributed by atoms with Crippen molar-refractivity contribution in [3.63, 3.8) is 0 Å². The van der Waals surface area contributed by atoms with E-state index in [1.54, 1.807) is 13.2 Å². The summed E-state index contributed by atoms with van der Waals surface area (Å²) in [5.41, 5.74) is 2.19. The van der Waals surface area contributed by atoms with Gasteiger partial charge in [0.25, 0.3) is 0 Å². The van der Waals surface area contributed by atoms with Gasteiger partial charge in [-0.25, -0.2) is 0 Å². The third-order valence-corrected chi connectivity index (χ3v) is 1.25. The zero-order valence-electron chi connectivity index (χ0n) is 6.70. The third kappa shape index (κ3) is 2.37. The normalized spacial score (nSPS) is 12.7. The second-order valence-corrected chi connectivity index (χ2v) is 2.31. The maximum absolute atomic E-state index is 3.89. The van der Waals surface area contributed by atoms with Gasteiger partial charge in [0.05, 0.1) is 6.20 Å². The molecular formula is C8H11N3. The van der Waals surface area contributed by atoms with Crippen molar-refractivity contribution in [2.45, 2.75) is 6.92 Å². The molecule has 0 amide bonds. The first kappa shape index (κ1) is 7.72. The standard InChI is InChI=1S/C8H11N3/c1-7(4-9-2)3-8-5-10-11-6-8/h3-6H,1-2H3,(H,10,11)/b7-3-,9-4-. The van der Waals surface area contributed by atoms with Crippen LogP contribution in [-0.2, 0) is 0 Å². The lowest BCUT2D eigenvalue weighted by Gasteiger charge is -1.86. The second-order valence-electron chi connectivity index (χ2n) is 2.31. The fourth-order valence-corrected chi connectivity index (χ4v) is 0.844. The highest BCUT2D eigenvalue weighted by molar-refractivity contribution is 5.84. The van der Waals surface area contributed by atoms with E-state index in [2.05, 4.69) is 15.2 Å². The van der Waals surface area contributed by atoms with Crippen LogP contribution in [-0.4, -0.2) is 23.5 Å². The molecule has 58 valence electrons. The summed E-state index contributed by atoms with van der Waals surface area (Å²) >= 11 is 0. The van der Waals surface area contributed by atoms with Gasteiger partial charge >= 0.3 is 0 Å². The molecule has 0 aliphatic carbocycles. The third-order valence-electron chi connectivity index (χ3n) is 1.25. The van der Waals surface area contributed by atoms with Gasteiger partial charge in [-0.1, -0.05) is 0 Å². The number of nitrogens with one attached hydrogen (secondary N) is 1. The molecule has 1 N–H and O–H groups in total. The molecule has 0 radical (unpaired) electrons.